The van der Waals surface area contributed by atoms with E-state index in [9.17, 15) is 4.39 Å². The molecule has 88 valence electrons. The third-order valence-electron chi connectivity index (χ3n) is 2.36. The van der Waals surface area contributed by atoms with Crippen molar-refractivity contribution in [2.45, 2.75) is 19.8 Å². The van der Waals surface area contributed by atoms with Gasteiger partial charge in [0.05, 0.1) is 0 Å². The van der Waals surface area contributed by atoms with Gasteiger partial charge >= 0.3 is 0 Å². The number of rotatable bonds is 5. The maximum Gasteiger partial charge on any atom is 0.123 e. The summed E-state index contributed by atoms with van der Waals surface area (Å²) in [6, 6.07) is 4.48. The van der Waals surface area contributed by atoms with E-state index in [-0.39, 0.29) is 5.82 Å². The van der Waals surface area contributed by atoms with Gasteiger partial charge in [-0.05, 0) is 57.1 Å². The lowest BCUT2D eigenvalue weighted by Gasteiger charge is -2.05. The minimum atomic E-state index is -0.234. The number of benzene rings is 1. The highest BCUT2D eigenvalue weighted by Crippen LogP contribution is 2.20. The largest absolute Gasteiger partial charge is 0.319 e. The average molecular weight is 242 g/mol. The van der Waals surface area contributed by atoms with Gasteiger partial charge in [-0.25, -0.2) is 4.39 Å². The van der Waals surface area contributed by atoms with Crippen LogP contribution in [0.1, 0.15) is 18.9 Å². The van der Waals surface area contributed by atoms with Crippen LogP contribution in [0.5, 0.6) is 0 Å². The van der Waals surface area contributed by atoms with Gasteiger partial charge in [0.2, 0.25) is 0 Å². The molecule has 0 amide bonds. The minimum absolute atomic E-state index is 0.234. The predicted molar refractivity (Wildman–Crippen MR) is 67.4 cm³/mol. The molecule has 0 heterocycles. The smallest absolute Gasteiger partial charge is 0.123 e. The first-order chi connectivity index (χ1) is 7.63. The molecule has 16 heavy (non-hydrogen) atoms. The standard InChI is InChI=1S/C13H17ClFN/c1-10(4-3-7-16-2)8-11-9-12(15)5-6-13(11)14/h4-6,9,16H,3,7-8H2,1-2H3/b10-4-. The van der Waals surface area contributed by atoms with E-state index in [0.717, 1.165) is 18.5 Å². The molecule has 0 fully saturated rings. The molecule has 0 bridgehead atoms. The highest BCUT2D eigenvalue weighted by atomic mass is 35.5. The highest BCUT2D eigenvalue weighted by molar-refractivity contribution is 6.31. The van der Waals surface area contributed by atoms with E-state index in [1.54, 1.807) is 6.07 Å². The van der Waals surface area contributed by atoms with Gasteiger partial charge in [0.25, 0.3) is 0 Å². The van der Waals surface area contributed by atoms with Crippen LogP contribution in [0.3, 0.4) is 0 Å². The highest BCUT2D eigenvalue weighted by Gasteiger charge is 2.02. The second-order valence-corrected chi connectivity index (χ2v) is 4.26. The van der Waals surface area contributed by atoms with Crippen molar-refractivity contribution in [1.82, 2.24) is 5.32 Å². The van der Waals surface area contributed by atoms with E-state index in [1.807, 2.05) is 14.0 Å². The molecular formula is C13H17ClFN. The van der Waals surface area contributed by atoms with E-state index in [1.165, 1.54) is 17.7 Å². The summed E-state index contributed by atoms with van der Waals surface area (Å²) in [7, 11) is 1.92. The normalized spacial score (nSPS) is 11.9. The van der Waals surface area contributed by atoms with Crippen molar-refractivity contribution in [3.8, 4) is 0 Å². The summed E-state index contributed by atoms with van der Waals surface area (Å²) in [4.78, 5) is 0. The fourth-order valence-corrected chi connectivity index (χ4v) is 1.70. The number of nitrogens with one attached hydrogen (secondary N) is 1. The Morgan fingerprint density at radius 3 is 2.94 bits per heavy atom. The monoisotopic (exact) mass is 241 g/mol. The second kappa shape index (κ2) is 6.66. The number of hydrogen-bond acceptors (Lipinski definition) is 1. The molecule has 0 aliphatic rings. The molecule has 1 N–H and O–H groups in total. The summed E-state index contributed by atoms with van der Waals surface area (Å²) >= 11 is 6.00. The van der Waals surface area contributed by atoms with E-state index >= 15 is 0 Å². The van der Waals surface area contributed by atoms with Crippen LogP contribution in [0.4, 0.5) is 4.39 Å². The van der Waals surface area contributed by atoms with Crippen molar-refractivity contribution >= 4 is 11.6 Å². The topological polar surface area (TPSA) is 12.0 Å². The van der Waals surface area contributed by atoms with Gasteiger partial charge in [0.15, 0.2) is 0 Å². The van der Waals surface area contributed by atoms with Gasteiger partial charge < -0.3 is 5.32 Å². The van der Waals surface area contributed by atoms with Crippen LogP contribution < -0.4 is 5.32 Å². The predicted octanol–water partition coefficient (Wildman–Crippen LogP) is 3.58. The van der Waals surface area contributed by atoms with Crippen LogP contribution in [-0.4, -0.2) is 13.6 Å². The van der Waals surface area contributed by atoms with Crippen LogP contribution >= 0.6 is 11.6 Å². The first-order valence-electron chi connectivity index (χ1n) is 5.37. The van der Waals surface area contributed by atoms with Gasteiger partial charge in [-0.2, -0.15) is 0 Å². The Hall–Kier alpha value is -0.860. The van der Waals surface area contributed by atoms with Crippen molar-refractivity contribution in [2.24, 2.45) is 0 Å². The summed E-state index contributed by atoms with van der Waals surface area (Å²) in [6.45, 7) is 2.99. The molecule has 0 atom stereocenters. The Kier molecular flexibility index (Phi) is 5.50. The Bertz CT molecular complexity index is 374. The molecule has 0 spiro atoms. The van der Waals surface area contributed by atoms with Gasteiger partial charge in [0.1, 0.15) is 5.82 Å². The van der Waals surface area contributed by atoms with Gasteiger partial charge in [0, 0.05) is 5.02 Å². The van der Waals surface area contributed by atoms with Crippen LogP contribution in [0, 0.1) is 5.82 Å². The van der Waals surface area contributed by atoms with Crippen molar-refractivity contribution in [2.75, 3.05) is 13.6 Å². The number of halogens is 2. The molecule has 1 nitrogen and oxygen atoms in total. The molecule has 3 heteroatoms. The minimum Gasteiger partial charge on any atom is -0.319 e. The Balaban J connectivity index is 2.65. The molecule has 1 aromatic carbocycles. The average Bonchev–Trinajstić information content (AvgIpc) is 2.24. The van der Waals surface area contributed by atoms with E-state index in [0.29, 0.717) is 11.4 Å². The Labute approximate surface area is 101 Å². The summed E-state index contributed by atoms with van der Waals surface area (Å²) in [5.41, 5.74) is 2.06. The lowest BCUT2D eigenvalue weighted by atomic mass is 10.1. The molecule has 0 saturated heterocycles. The third kappa shape index (κ3) is 4.33. The number of hydrogen-bond donors (Lipinski definition) is 1. The molecule has 0 unspecified atom stereocenters. The van der Waals surface area contributed by atoms with E-state index in [4.69, 9.17) is 11.6 Å². The SMILES string of the molecule is CNCC/C=C(/C)Cc1cc(F)ccc1Cl. The van der Waals surface area contributed by atoms with Crippen LogP contribution in [-0.2, 0) is 6.42 Å². The molecule has 0 aliphatic heterocycles. The fourth-order valence-electron chi connectivity index (χ4n) is 1.51. The molecular weight excluding hydrogens is 225 g/mol. The van der Waals surface area contributed by atoms with Crippen molar-refractivity contribution in [1.29, 1.82) is 0 Å². The van der Waals surface area contributed by atoms with E-state index < -0.39 is 0 Å². The van der Waals surface area contributed by atoms with Crippen LogP contribution in [0.15, 0.2) is 29.8 Å². The first kappa shape index (κ1) is 13.2. The van der Waals surface area contributed by atoms with Crippen molar-refractivity contribution < 1.29 is 4.39 Å². The molecule has 0 radical (unpaired) electrons. The number of allylic oxidation sites excluding steroid dienone is 1. The maximum absolute atomic E-state index is 13.0. The molecule has 0 saturated carbocycles. The zero-order valence-electron chi connectivity index (χ0n) is 9.69. The quantitative estimate of drug-likeness (QED) is 0.614. The summed E-state index contributed by atoms with van der Waals surface area (Å²) in [5.74, 6) is -0.234. The zero-order valence-corrected chi connectivity index (χ0v) is 10.4. The third-order valence-corrected chi connectivity index (χ3v) is 2.73. The Morgan fingerprint density at radius 1 is 1.50 bits per heavy atom. The van der Waals surface area contributed by atoms with Crippen LogP contribution in [0.2, 0.25) is 5.02 Å². The second-order valence-electron chi connectivity index (χ2n) is 3.86. The van der Waals surface area contributed by atoms with Gasteiger partial charge in [-0.1, -0.05) is 23.3 Å². The van der Waals surface area contributed by atoms with Crippen LogP contribution in [0.25, 0.3) is 0 Å². The molecule has 0 aliphatic carbocycles. The Morgan fingerprint density at radius 2 is 2.25 bits per heavy atom. The van der Waals surface area contributed by atoms with Crippen molar-refractivity contribution in [3.05, 3.63) is 46.3 Å². The lowest BCUT2D eigenvalue weighted by molar-refractivity contribution is 0.626. The first-order valence-corrected chi connectivity index (χ1v) is 5.75. The van der Waals surface area contributed by atoms with Crippen molar-refractivity contribution in [3.63, 3.8) is 0 Å². The van der Waals surface area contributed by atoms with Gasteiger partial charge in [-0.15, -0.1) is 0 Å². The maximum atomic E-state index is 13.0. The summed E-state index contributed by atoms with van der Waals surface area (Å²) < 4.78 is 13.0. The lowest BCUT2D eigenvalue weighted by Crippen LogP contribution is -2.06. The molecule has 0 aromatic heterocycles. The molecule has 1 rings (SSSR count). The van der Waals surface area contributed by atoms with E-state index in [2.05, 4.69) is 11.4 Å². The fraction of sp³-hybridized carbons (Fsp3) is 0.385. The summed E-state index contributed by atoms with van der Waals surface area (Å²) in [6.07, 6.45) is 3.84. The van der Waals surface area contributed by atoms with Gasteiger partial charge in [-0.3, -0.25) is 0 Å². The molecule has 1 aromatic rings. The zero-order chi connectivity index (χ0) is 12.0. The summed E-state index contributed by atoms with van der Waals surface area (Å²) in [5, 5.41) is 3.70.